The smallest absolute Gasteiger partial charge is 0.116 e. The summed E-state index contributed by atoms with van der Waals surface area (Å²) in [6.07, 6.45) is 0. The summed E-state index contributed by atoms with van der Waals surface area (Å²) in [5.74, 6) is 0.317. The van der Waals surface area contributed by atoms with Gasteiger partial charge in [-0.3, -0.25) is 0 Å². The van der Waals surface area contributed by atoms with Gasteiger partial charge in [-0.25, -0.2) is 0 Å². The topological polar surface area (TPSA) is 20.2 Å². The van der Waals surface area contributed by atoms with Gasteiger partial charge in [0.1, 0.15) is 5.75 Å². The van der Waals surface area contributed by atoms with E-state index in [4.69, 9.17) is 0 Å². The minimum atomic E-state index is 0.317. The van der Waals surface area contributed by atoms with Gasteiger partial charge in [0.25, 0.3) is 0 Å². The molecule has 5 aromatic rings. The minimum absolute atomic E-state index is 0.317. The summed E-state index contributed by atoms with van der Waals surface area (Å²) in [6.45, 7) is 0. The van der Waals surface area contributed by atoms with Gasteiger partial charge in [0.2, 0.25) is 0 Å². The fraction of sp³-hybridized carbons (Fsp3) is 0. The first kappa shape index (κ1) is 13.0. The zero-order valence-corrected chi connectivity index (χ0v) is 13.5. The molecule has 0 fully saturated rings. The molecule has 0 heterocycles. The number of hydrogen-bond donors (Lipinski definition) is 1. The van der Waals surface area contributed by atoms with E-state index < -0.39 is 0 Å². The van der Waals surface area contributed by atoms with Gasteiger partial charge in [-0.2, -0.15) is 0 Å². The molecule has 25 heavy (non-hydrogen) atoms. The van der Waals surface area contributed by atoms with Crippen molar-refractivity contribution in [1.29, 1.82) is 0 Å². The van der Waals surface area contributed by atoms with Crippen molar-refractivity contribution < 1.29 is 5.11 Å². The van der Waals surface area contributed by atoms with Gasteiger partial charge in [0.15, 0.2) is 0 Å². The van der Waals surface area contributed by atoms with Crippen LogP contribution in [0.1, 0.15) is 0 Å². The monoisotopic (exact) mass is 318 g/mol. The van der Waals surface area contributed by atoms with Crippen LogP contribution in [0.5, 0.6) is 5.75 Å². The third-order valence-electron chi connectivity index (χ3n) is 5.43. The number of rotatable bonds is 0. The molecule has 1 aliphatic carbocycles. The predicted molar refractivity (Wildman–Crippen MR) is 105 cm³/mol. The molecule has 1 aliphatic rings. The fourth-order valence-electron chi connectivity index (χ4n) is 4.40. The highest BCUT2D eigenvalue weighted by Gasteiger charge is 2.25. The lowest BCUT2D eigenvalue weighted by atomic mass is 9.93. The van der Waals surface area contributed by atoms with Crippen LogP contribution in [0.15, 0.2) is 78.9 Å². The van der Waals surface area contributed by atoms with E-state index in [1.54, 1.807) is 6.07 Å². The van der Waals surface area contributed by atoms with Crippen molar-refractivity contribution in [3.8, 4) is 28.0 Å². The maximum absolute atomic E-state index is 10.1. The van der Waals surface area contributed by atoms with Gasteiger partial charge >= 0.3 is 0 Å². The van der Waals surface area contributed by atoms with Crippen LogP contribution in [0.25, 0.3) is 54.6 Å². The van der Waals surface area contributed by atoms with Crippen molar-refractivity contribution in [1.82, 2.24) is 0 Å². The van der Waals surface area contributed by atoms with Crippen LogP contribution in [0.3, 0.4) is 0 Å². The molecule has 1 N–H and O–H groups in total. The lowest BCUT2D eigenvalue weighted by Crippen LogP contribution is -1.83. The van der Waals surface area contributed by atoms with Gasteiger partial charge in [-0.05, 0) is 78.8 Å². The summed E-state index contributed by atoms with van der Waals surface area (Å²) in [5.41, 5.74) is 4.86. The first-order chi connectivity index (χ1) is 12.3. The van der Waals surface area contributed by atoms with Gasteiger partial charge in [0.05, 0.1) is 0 Å². The molecule has 1 nitrogen and oxygen atoms in total. The molecule has 0 atom stereocenters. The molecule has 0 saturated heterocycles. The third kappa shape index (κ3) is 1.58. The van der Waals surface area contributed by atoms with E-state index in [0.29, 0.717) is 5.75 Å². The Morgan fingerprint density at radius 1 is 0.520 bits per heavy atom. The Morgan fingerprint density at radius 2 is 1.24 bits per heavy atom. The molecule has 0 radical (unpaired) electrons. The van der Waals surface area contributed by atoms with Crippen LogP contribution in [0, 0.1) is 0 Å². The minimum Gasteiger partial charge on any atom is -0.508 e. The molecule has 1 heteroatoms. The van der Waals surface area contributed by atoms with Crippen molar-refractivity contribution in [2.75, 3.05) is 0 Å². The predicted octanol–water partition coefficient (Wildman–Crippen LogP) is 6.50. The molecule has 6 rings (SSSR count). The van der Waals surface area contributed by atoms with Crippen LogP contribution in [0.4, 0.5) is 0 Å². The second kappa shape index (κ2) is 4.40. The first-order valence-corrected chi connectivity index (χ1v) is 8.52. The van der Waals surface area contributed by atoms with Crippen molar-refractivity contribution >= 4 is 32.3 Å². The average Bonchev–Trinajstić information content (AvgIpc) is 2.97. The Balaban J connectivity index is 1.98. The summed E-state index contributed by atoms with van der Waals surface area (Å²) in [6, 6.07) is 27.5. The number of phenols is 1. The van der Waals surface area contributed by atoms with E-state index >= 15 is 0 Å². The zero-order chi connectivity index (χ0) is 16.5. The zero-order valence-electron chi connectivity index (χ0n) is 13.5. The average molecular weight is 318 g/mol. The van der Waals surface area contributed by atoms with E-state index in [-0.39, 0.29) is 0 Å². The lowest BCUT2D eigenvalue weighted by molar-refractivity contribution is 0.475. The normalized spacial score (nSPS) is 12.2. The number of benzene rings is 5. The second-order valence-electron chi connectivity index (χ2n) is 6.77. The quantitative estimate of drug-likeness (QED) is 0.250. The summed E-state index contributed by atoms with van der Waals surface area (Å²) in [4.78, 5) is 0. The lowest BCUT2D eigenvalue weighted by Gasteiger charge is -2.10. The Hall–Kier alpha value is -3.32. The van der Waals surface area contributed by atoms with Crippen LogP contribution in [-0.2, 0) is 0 Å². The molecule has 0 unspecified atom stereocenters. The van der Waals surface area contributed by atoms with Gasteiger partial charge in [0, 0.05) is 0 Å². The molecule has 116 valence electrons. The highest BCUT2D eigenvalue weighted by Crippen LogP contribution is 2.52. The Bertz CT molecular complexity index is 1350. The van der Waals surface area contributed by atoms with Crippen molar-refractivity contribution in [3.05, 3.63) is 78.9 Å². The molecule has 0 saturated carbocycles. The molecule has 0 aromatic heterocycles. The van der Waals surface area contributed by atoms with E-state index in [0.717, 1.165) is 5.56 Å². The van der Waals surface area contributed by atoms with Crippen molar-refractivity contribution in [2.24, 2.45) is 0 Å². The molecule has 0 aliphatic heterocycles. The Kier molecular flexibility index (Phi) is 2.29. The second-order valence-corrected chi connectivity index (χ2v) is 6.77. The molecule has 5 aromatic carbocycles. The van der Waals surface area contributed by atoms with Gasteiger partial charge < -0.3 is 5.11 Å². The summed E-state index contributed by atoms with van der Waals surface area (Å²) < 4.78 is 0. The van der Waals surface area contributed by atoms with E-state index in [1.807, 2.05) is 6.07 Å². The van der Waals surface area contributed by atoms with Crippen molar-refractivity contribution in [3.63, 3.8) is 0 Å². The van der Waals surface area contributed by atoms with E-state index in [2.05, 4.69) is 66.7 Å². The van der Waals surface area contributed by atoms with Gasteiger partial charge in [-0.15, -0.1) is 0 Å². The number of phenolic OH excluding ortho intramolecular Hbond substituents is 1. The van der Waals surface area contributed by atoms with Crippen LogP contribution >= 0.6 is 0 Å². The van der Waals surface area contributed by atoms with E-state index in [9.17, 15) is 5.11 Å². The molecule has 0 bridgehead atoms. The summed E-state index contributed by atoms with van der Waals surface area (Å²) >= 11 is 0. The van der Waals surface area contributed by atoms with Crippen LogP contribution < -0.4 is 0 Å². The Labute approximate surface area is 144 Å². The number of aromatic hydroxyl groups is 1. The Morgan fingerprint density at radius 3 is 2.08 bits per heavy atom. The number of hydrogen-bond acceptors (Lipinski definition) is 1. The van der Waals surface area contributed by atoms with E-state index in [1.165, 1.54) is 49.0 Å². The summed E-state index contributed by atoms with van der Waals surface area (Å²) in [5, 5.41) is 17.7. The molecule has 0 spiro atoms. The molecular weight excluding hydrogens is 304 g/mol. The van der Waals surface area contributed by atoms with Crippen LogP contribution in [-0.4, -0.2) is 5.11 Å². The fourth-order valence-corrected chi connectivity index (χ4v) is 4.40. The highest BCUT2D eigenvalue weighted by molar-refractivity contribution is 6.29. The van der Waals surface area contributed by atoms with Gasteiger partial charge in [-0.1, -0.05) is 54.6 Å². The van der Waals surface area contributed by atoms with Crippen molar-refractivity contribution in [2.45, 2.75) is 0 Å². The molecule has 0 amide bonds. The largest absolute Gasteiger partial charge is 0.508 e. The SMILES string of the molecule is Oc1ccc2c(c1)-c1cc3ccccc3c3cc4ccccc4c-2c13. The highest BCUT2D eigenvalue weighted by atomic mass is 16.3. The maximum atomic E-state index is 10.1. The van der Waals surface area contributed by atoms with Crippen LogP contribution in [0.2, 0.25) is 0 Å². The number of fused-ring (bicyclic) bond motifs is 7. The standard InChI is InChI=1S/C24H14O/c25-16-9-10-19-20(13-16)22-11-14-5-1-3-7-17(14)21-12-15-6-2-4-8-18(15)23(19)24(21)22/h1-13,25H. The third-order valence-corrected chi connectivity index (χ3v) is 5.43. The summed E-state index contributed by atoms with van der Waals surface area (Å²) in [7, 11) is 0. The first-order valence-electron chi connectivity index (χ1n) is 8.52. The maximum Gasteiger partial charge on any atom is 0.116 e. The molecular formula is C24H14O.